The number of hydrogen-bond donors (Lipinski definition) is 2. The van der Waals surface area contributed by atoms with Gasteiger partial charge in [0, 0.05) is 11.6 Å². The molecule has 0 aliphatic carbocycles. The third kappa shape index (κ3) is 3.45. The van der Waals surface area contributed by atoms with E-state index in [4.69, 9.17) is 16.3 Å². The van der Waals surface area contributed by atoms with E-state index in [0.29, 0.717) is 36.1 Å². The molecule has 0 amide bonds. The van der Waals surface area contributed by atoms with E-state index in [-0.39, 0.29) is 5.28 Å². The number of H-pyrrole nitrogens is 1. The molecule has 0 fully saturated rings. The van der Waals surface area contributed by atoms with Crippen LogP contribution >= 0.6 is 22.9 Å². The maximum atomic E-state index is 5.96. The number of aromatic nitrogens is 5. The first-order chi connectivity index (χ1) is 10.8. The van der Waals surface area contributed by atoms with Crippen LogP contribution in [-0.2, 0) is 6.54 Å². The highest BCUT2D eigenvalue weighted by Crippen LogP contribution is 2.23. The zero-order valence-corrected chi connectivity index (χ0v) is 13.5. The lowest BCUT2D eigenvalue weighted by molar-refractivity contribution is 0.289. The Morgan fingerprint density at radius 2 is 2.27 bits per heavy atom. The normalized spacial score (nSPS) is 11.0. The molecule has 9 heteroatoms. The Labute approximate surface area is 136 Å². The summed E-state index contributed by atoms with van der Waals surface area (Å²) in [5.74, 6) is 0.562. The summed E-state index contributed by atoms with van der Waals surface area (Å²) in [5.41, 5.74) is 1.15. The van der Waals surface area contributed by atoms with E-state index >= 15 is 0 Å². The van der Waals surface area contributed by atoms with Gasteiger partial charge in [0.2, 0.25) is 5.28 Å². The van der Waals surface area contributed by atoms with E-state index in [1.807, 2.05) is 5.38 Å². The van der Waals surface area contributed by atoms with Gasteiger partial charge >= 0.3 is 0 Å². The largest absolute Gasteiger partial charge is 0.465 e. The molecule has 0 unspecified atom stereocenters. The van der Waals surface area contributed by atoms with Crippen molar-refractivity contribution in [3.63, 3.8) is 0 Å². The summed E-state index contributed by atoms with van der Waals surface area (Å²) >= 11 is 7.52. The monoisotopic (exact) mass is 338 g/mol. The number of fused-ring (bicyclic) bond motifs is 1. The Morgan fingerprint density at radius 1 is 1.36 bits per heavy atom. The minimum Gasteiger partial charge on any atom is -0.465 e. The second kappa shape index (κ2) is 6.89. The van der Waals surface area contributed by atoms with Crippen molar-refractivity contribution < 1.29 is 4.74 Å². The third-order valence-electron chi connectivity index (χ3n) is 2.92. The topological polar surface area (TPSA) is 88.6 Å². The van der Waals surface area contributed by atoms with Crippen molar-refractivity contribution in [2.45, 2.75) is 26.3 Å². The first kappa shape index (κ1) is 15.0. The van der Waals surface area contributed by atoms with E-state index in [2.05, 4.69) is 37.2 Å². The molecular weight excluding hydrogens is 324 g/mol. The Bertz CT molecular complexity index is 744. The highest BCUT2D eigenvalue weighted by molar-refractivity contribution is 7.09. The van der Waals surface area contributed by atoms with Crippen LogP contribution in [0.5, 0.6) is 6.01 Å². The van der Waals surface area contributed by atoms with Crippen molar-refractivity contribution in [1.82, 2.24) is 24.9 Å². The Kier molecular flexibility index (Phi) is 4.69. The zero-order chi connectivity index (χ0) is 15.4. The van der Waals surface area contributed by atoms with Gasteiger partial charge in [0.15, 0.2) is 17.0 Å². The van der Waals surface area contributed by atoms with Gasteiger partial charge in [-0.3, -0.25) is 4.98 Å². The van der Waals surface area contributed by atoms with Crippen LogP contribution in [0.15, 0.2) is 11.6 Å². The lowest BCUT2D eigenvalue weighted by atomic mass is 10.4. The van der Waals surface area contributed by atoms with Gasteiger partial charge < -0.3 is 10.1 Å². The number of hydrogen-bond acceptors (Lipinski definition) is 7. The molecule has 22 heavy (non-hydrogen) atoms. The van der Waals surface area contributed by atoms with Gasteiger partial charge in [-0.1, -0.05) is 13.3 Å². The summed E-state index contributed by atoms with van der Waals surface area (Å²) in [7, 11) is 0. The molecule has 7 nitrogen and oxygen atoms in total. The predicted molar refractivity (Wildman–Crippen MR) is 86.5 cm³/mol. The van der Waals surface area contributed by atoms with E-state index in [0.717, 1.165) is 17.8 Å². The molecule has 0 radical (unpaired) electrons. The maximum absolute atomic E-state index is 5.96. The van der Waals surface area contributed by atoms with Crippen molar-refractivity contribution in [3.05, 3.63) is 21.9 Å². The molecule has 3 heterocycles. The van der Waals surface area contributed by atoms with Gasteiger partial charge in [0.05, 0.1) is 13.2 Å². The van der Waals surface area contributed by atoms with Crippen LogP contribution in [0.2, 0.25) is 5.28 Å². The van der Waals surface area contributed by atoms with E-state index in [1.165, 1.54) is 0 Å². The van der Waals surface area contributed by atoms with Gasteiger partial charge in [0.1, 0.15) is 5.01 Å². The van der Waals surface area contributed by atoms with E-state index < -0.39 is 0 Å². The Morgan fingerprint density at radius 3 is 3.05 bits per heavy atom. The molecule has 0 spiro atoms. The van der Waals surface area contributed by atoms with Gasteiger partial charge in [-0.15, -0.1) is 11.3 Å². The number of imidazole rings is 1. The SMILES string of the molecule is CCCCOc1nc2c(NCc3nccs3)nc(Cl)nc2[nH]1. The fraction of sp³-hybridized carbons (Fsp3) is 0.385. The molecule has 0 saturated carbocycles. The Hall–Kier alpha value is -1.93. The summed E-state index contributed by atoms with van der Waals surface area (Å²) < 4.78 is 5.56. The molecule has 116 valence electrons. The smallest absolute Gasteiger partial charge is 0.295 e. The van der Waals surface area contributed by atoms with E-state index in [1.54, 1.807) is 17.5 Å². The second-order valence-corrected chi connectivity index (χ2v) is 5.88. The van der Waals surface area contributed by atoms with Crippen LogP contribution in [0, 0.1) is 0 Å². The van der Waals surface area contributed by atoms with Crippen LogP contribution < -0.4 is 10.1 Å². The minimum atomic E-state index is 0.151. The summed E-state index contributed by atoms with van der Waals surface area (Å²) in [6, 6.07) is 0.428. The molecule has 0 bridgehead atoms. The lowest BCUT2D eigenvalue weighted by Crippen LogP contribution is -2.03. The summed E-state index contributed by atoms with van der Waals surface area (Å²) in [6.45, 7) is 3.27. The van der Waals surface area contributed by atoms with Crippen LogP contribution in [0.3, 0.4) is 0 Å². The average Bonchev–Trinajstić information content (AvgIpc) is 3.14. The quantitative estimate of drug-likeness (QED) is 0.508. The van der Waals surface area contributed by atoms with Crippen LogP contribution in [0.4, 0.5) is 5.82 Å². The molecule has 3 aromatic heterocycles. The predicted octanol–water partition coefficient (Wildman–Crippen LogP) is 3.25. The number of ether oxygens (including phenoxy) is 1. The summed E-state index contributed by atoms with van der Waals surface area (Å²) in [4.78, 5) is 19.9. The standard InChI is InChI=1S/C13H15ClN6OS/c1-2-3-5-21-13-17-9-10(16-7-8-15-4-6-22-8)18-12(14)19-11(9)20-13/h4,6H,2-3,5,7H2,1H3,(H2,16,17,18,19,20). The van der Waals surface area contributed by atoms with Gasteiger partial charge in [-0.25, -0.2) is 4.98 Å². The zero-order valence-electron chi connectivity index (χ0n) is 12.0. The summed E-state index contributed by atoms with van der Waals surface area (Å²) in [6.07, 6.45) is 3.80. The fourth-order valence-electron chi connectivity index (χ4n) is 1.86. The number of anilines is 1. The molecule has 0 aromatic carbocycles. The maximum Gasteiger partial charge on any atom is 0.295 e. The highest BCUT2D eigenvalue weighted by Gasteiger charge is 2.13. The second-order valence-electron chi connectivity index (χ2n) is 4.56. The number of rotatable bonds is 7. The van der Waals surface area contributed by atoms with Crippen molar-refractivity contribution in [1.29, 1.82) is 0 Å². The lowest BCUT2D eigenvalue weighted by Gasteiger charge is -2.03. The molecule has 3 aromatic rings. The molecule has 0 aliphatic rings. The van der Waals surface area contributed by atoms with Crippen molar-refractivity contribution in [3.8, 4) is 6.01 Å². The van der Waals surface area contributed by atoms with Crippen molar-refractivity contribution >= 4 is 39.9 Å². The highest BCUT2D eigenvalue weighted by atomic mass is 35.5. The van der Waals surface area contributed by atoms with Gasteiger partial charge in [-0.2, -0.15) is 15.0 Å². The average molecular weight is 339 g/mol. The first-order valence-corrected chi connectivity index (χ1v) is 8.20. The van der Waals surface area contributed by atoms with Crippen LogP contribution in [-0.4, -0.2) is 31.5 Å². The van der Waals surface area contributed by atoms with E-state index in [9.17, 15) is 0 Å². The molecule has 2 N–H and O–H groups in total. The molecule has 0 aliphatic heterocycles. The number of nitrogens with one attached hydrogen (secondary N) is 2. The van der Waals surface area contributed by atoms with Crippen molar-refractivity contribution in [2.24, 2.45) is 0 Å². The minimum absolute atomic E-state index is 0.151. The molecular formula is C13H15ClN6OS. The summed E-state index contributed by atoms with van der Waals surface area (Å²) in [5, 5.41) is 6.22. The van der Waals surface area contributed by atoms with Crippen LogP contribution in [0.25, 0.3) is 11.2 Å². The molecule has 0 atom stereocenters. The number of aromatic amines is 1. The van der Waals surface area contributed by atoms with Gasteiger partial charge in [-0.05, 0) is 18.0 Å². The fourth-order valence-corrected chi connectivity index (χ4v) is 2.58. The molecule has 0 saturated heterocycles. The Balaban J connectivity index is 1.81. The first-order valence-electron chi connectivity index (χ1n) is 6.94. The number of halogens is 1. The van der Waals surface area contributed by atoms with Crippen molar-refractivity contribution in [2.75, 3.05) is 11.9 Å². The molecule has 3 rings (SSSR count). The third-order valence-corrected chi connectivity index (χ3v) is 3.87. The number of unbranched alkanes of at least 4 members (excludes halogenated alkanes) is 1. The van der Waals surface area contributed by atoms with Crippen LogP contribution in [0.1, 0.15) is 24.8 Å². The van der Waals surface area contributed by atoms with Gasteiger partial charge in [0.25, 0.3) is 6.01 Å². The number of thiazole rings is 1. The number of nitrogens with zero attached hydrogens (tertiary/aromatic N) is 4.